The molecule has 3 amide bonds. The van der Waals surface area contributed by atoms with Crippen molar-refractivity contribution in [1.82, 2.24) is 5.32 Å². The summed E-state index contributed by atoms with van der Waals surface area (Å²) in [6, 6.07) is 20.9. The zero-order valence-electron chi connectivity index (χ0n) is 18.4. The minimum Gasteiger partial charge on any atom is -0.349 e. The molecule has 1 unspecified atom stereocenters. The van der Waals surface area contributed by atoms with Gasteiger partial charge in [-0.25, -0.2) is 4.90 Å². The van der Waals surface area contributed by atoms with Crippen molar-refractivity contribution >= 4 is 52.3 Å². The molecule has 4 rings (SSSR count). The highest BCUT2D eigenvalue weighted by atomic mass is 35.5. The van der Waals surface area contributed by atoms with E-state index < -0.39 is 11.8 Å². The van der Waals surface area contributed by atoms with Gasteiger partial charge in [-0.3, -0.25) is 14.4 Å². The Morgan fingerprint density at radius 3 is 2.35 bits per heavy atom. The SMILES string of the molecule is Cc1ccc(C(=O)NC(C)c2ccccc2)cc1NC1=C(Cl)C(=O)N(c2cccc(Cl)c2)C1=O. The summed E-state index contributed by atoms with van der Waals surface area (Å²) < 4.78 is 0. The number of hydrogen-bond donors (Lipinski definition) is 2. The molecule has 1 heterocycles. The zero-order chi connectivity index (χ0) is 24.4. The van der Waals surface area contributed by atoms with E-state index in [9.17, 15) is 14.4 Å². The van der Waals surface area contributed by atoms with Crippen LogP contribution in [0.25, 0.3) is 0 Å². The van der Waals surface area contributed by atoms with Crippen molar-refractivity contribution in [1.29, 1.82) is 0 Å². The van der Waals surface area contributed by atoms with Crippen LogP contribution >= 0.6 is 23.2 Å². The minimum atomic E-state index is -0.653. The molecule has 172 valence electrons. The van der Waals surface area contributed by atoms with E-state index in [1.54, 1.807) is 36.4 Å². The van der Waals surface area contributed by atoms with Crippen LogP contribution in [-0.2, 0) is 9.59 Å². The van der Waals surface area contributed by atoms with Crippen molar-refractivity contribution in [3.8, 4) is 0 Å². The molecule has 8 heteroatoms. The van der Waals surface area contributed by atoms with Crippen molar-refractivity contribution in [2.24, 2.45) is 0 Å². The molecular weight excluding hydrogens is 473 g/mol. The van der Waals surface area contributed by atoms with Gasteiger partial charge in [-0.15, -0.1) is 0 Å². The maximum Gasteiger partial charge on any atom is 0.283 e. The second kappa shape index (κ2) is 9.71. The molecule has 0 saturated heterocycles. The standard InChI is InChI=1S/C26H21Cl2N3O3/c1-15-11-12-18(24(32)29-16(2)17-7-4-3-5-8-17)13-21(15)30-23-22(28)25(33)31(26(23)34)20-10-6-9-19(27)14-20/h3-14,16,30H,1-2H3,(H,29,32). The van der Waals surface area contributed by atoms with E-state index in [0.717, 1.165) is 16.0 Å². The fourth-order valence-corrected chi connectivity index (χ4v) is 4.00. The quantitative estimate of drug-likeness (QED) is 0.439. The molecular formula is C26H21Cl2N3O3. The second-order valence-corrected chi connectivity index (χ2v) is 8.69. The fourth-order valence-electron chi connectivity index (χ4n) is 3.60. The third kappa shape index (κ3) is 4.69. The van der Waals surface area contributed by atoms with E-state index in [1.807, 2.05) is 44.2 Å². The number of aryl methyl sites for hydroxylation is 1. The first-order chi connectivity index (χ1) is 16.3. The molecule has 0 fully saturated rings. The Hall–Kier alpha value is -3.61. The summed E-state index contributed by atoms with van der Waals surface area (Å²) in [6.45, 7) is 3.72. The number of imide groups is 1. The Morgan fingerprint density at radius 1 is 0.912 bits per heavy atom. The number of amides is 3. The number of benzene rings is 3. The lowest BCUT2D eigenvalue weighted by Crippen LogP contribution is -2.32. The van der Waals surface area contributed by atoms with E-state index >= 15 is 0 Å². The van der Waals surface area contributed by atoms with Gasteiger partial charge in [0.15, 0.2) is 0 Å². The van der Waals surface area contributed by atoms with Gasteiger partial charge >= 0.3 is 0 Å². The number of anilines is 2. The van der Waals surface area contributed by atoms with Crippen molar-refractivity contribution in [3.63, 3.8) is 0 Å². The molecule has 1 aliphatic rings. The van der Waals surface area contributed by atoms with E-state index in [4.69, 9.17) is 23.2 Å². The highest BCUT2D eigenvalue weighted by molar-refractivity contribution is 6.53. The van der Waals surface area contributed by atoms with Gasteiger partial charge in [-0.1, -0.05) is 65.7 Å². The normalized spacial score (nSPS) is 14.4. The molecule has 0 aromatic heterocycles. The molecule has 3 aromatic rings. The number of halogens is 2. The predicted molar refractivity (Wildman–Crippen MR) is 134 cm³/mol. The molecule has 0 bridgehead atoms. The Kier molecular flexibility index (Phi) is 6.72. The maximum atomic E-state index is 13.1. The van der Waals surface area contributed by atoms with Gasteiger partial charge in [0, 0.05) is 16.3 Å². The highest BCUT2D eigenvalue weighted by Gasteiger charge is 2.39. The van der Waals surface area contributed by atoms with Crippen LogP contribution in [0.15, 0.2) is 83.5 Å². The first-order valence-electron chi connectivity index (χ1n) is 10.5. The number of carbonyl (C=O) groups is 3. The monoisotopic (exact) mass is 493 g/mol. The van der Waals surface area contributed by atoms with Crippen LogP contribution in [0.3, 0.4) is 0 Å². The van der Waals surface area contributed by atoms with Crippen LogP contribution in [-0.4, -0.2) is 17.7 Å². The Bertz CT molecular complexity index is 1320. The molecule has 0 spiro atoms. The van der Waals surface area contributed by atoms with Gasteiger partial charge in [0.25, 0.3) is 17.7 Å². The summed E-state index contributed by atoms with van der Waals surface area (Å²) >= 11 is 12.3. The van der Waals surface area contributed by atoms with Crippen LogP contribution in [0.2, 0.25) is 5.02 Å². The molecule has 0 radical (unpaired) electrons. The van der Waals surface area contributed by atoms with Gasteiger partial charge in [0.05, 0.1) is 11.7 Å². The first-order valence-corrected chi connectivity index (χ1v) is 11.3. The van der Waals surface area contributed by atoms with E-state index in [2.05, 4.69) is 10.6 Å². The lowest BCUT2D eigenvalue weighted by atomic mass is 10.1. The highest BCUT2D eigenvalue weighted by Crippen LogP contribution is 2.32. The van der Waals surface area contributed by atoms with Crippen molar-refractivity contribution in [2.45, 2.75) is 19.9 Å². The third-order valence-electron chi connectivity index (χ3n) is 5.50. The van der Waals surface area contributed by atoms with Gasteiger partial charge < -0.3 is 10.6 Å². The average Bonchev–Trinajstić information content (AvgIpc) is 3.03. The number of carbonyl (C=O) groups excluding carboxylic acids is 3. The first kappa shape index (κ1) is 23.5. The van der Waals surface area contributed by atoms with Gasteiger partial charge in [0.1, 0.15) is 10.7 Å². The van der Waals surface area contributed by atoms with Gasteiger partial charge in [0.2, 0.25) is 0 Å². The van der Waals surface area contributed by atoms with E-state index in [-0.39, 0.29) is 22.7 Å². The molecule has 2 N–H and O–H groups in total. The lowest BCUT2D eigenvalue weighted by Gasteiger charge is -2.17. The number of nitrogens with one attached hydrogen (secondary N) is 2. The van der Waals surface area contributed by atoms with Crippen molar-refractivity contribution in [2.75, 3.05) is 10.2 Å². The largest absolute Gasteiger partial charge is 0.349 e. The second-order valence-electron chi connectivity index (χ2n) is 7.88. The summed E-state index contributed by atoms with van der Waals surface area (Å²) in [5.74, 6) is -1.53. The number of rotatable bonds is 6. The van der Waals surface area contributed by atoms with E-state index in [1.165, 1.54) is 6.07 Å². The number of nitrogens with zero attached hydrogens (tertiary/aromatic N) is 1. The lowest BCUT2D eigenvalue weighted by molar-refractivity contribution is -0.120. The minimum absolute atomic E-state index is 0.0649. The summed E-state index contributed by atoms with van der Waals surface area (Å²) in [5.41, 5.74) is 2.89. The molecule has 3 aromatic carbocycles. The van der Waals surface area contributed by atoms with Crippen molar-refractivity contribution in [3.05, 3.63) is 105 Å². The zero-order valence-corrected chi connectivity index (χ0v) is 19.9. The van der Waals surface area contributed by atoms with Crippen LogP contribution in [0.1, 0.15) is 34.5 Å². The molecule has 1 atom stereocenters. The summed E-state index contributed by atoms with van der Waals surface area (Å²) in [4.78, 5) is 39.6. The average molecular weight is 494 g/mol. The summed E-state index contributed by atoms with van der Waals surface area (Å²) in [7, 11) is 0. The van der Waals surface area contributed by atoms with E-state index in [0.29, 0.717) is 22.0 Å². The summed E-state index contributed by atoms with van der Waals surface area (Å²) in [6.07, 6.45) is 0. The van der Waals surface area contributed by atoms with Gasteiger partial charge in [-0.2, -0.15) is 0 Å². The maximum absolute atomic E-state index is 13.1. The third-order valence-corrected chi connectivity index (χ3v) is 6.09. The van der Waals surface area contributed by atoms with Crippen molar-refractivity contribution < 1.29 is 14.4 Å². The Balaban J connectivity index is 1.56. The molecule has 0 aliphatic carbocycles. The predicted octanol–water partition coefficient (Wildman–Crippen LogP) is 5.58. The molecule has 1 aliphatic heterocycles. The Labute approximate surface area is 207 Å². The molecule has 6 nitrogen and oxygen atoms in total. The molecule has 34 heavy (non-hydrogen) atoms. The van der Waals surface area contributed by atoms with Crippen LogP contribution < -0.4 is 15.5 Å². The summed E-state index contributed by atoms with van der Waals surface area (Å²) in [5, 5.41) is 6.07. The van der Waals surface area contributed by atoms with Crippen LogP contribution in [0.4, 0.5) is 11.4 Å². The fraction of sp³-hybridized carbons (Fsp3) is 0.115. The van der Waals surface area contributed by atoms with Gasteiger partial charge in [-0.05, 0) is 55.3 Å². The molecule has 0 saturated carbocycles. The Morgan fingerprint density at radius 2 is 1.65 bits per heavy atom. The topological polar surface area (TPSA) is 78.5 Å². The van der Waals surface area contributed by atoms with Crippen LogP contribution in [0.5, 0.6) is 0 Å². The smallest absolute Gasteiger partial charge is 0.283 e. The van der Waals surface area contributed by atoms with Crippen LogP contribution in [0, 0.1) is 6.92 Å². The number of hydrogen-bond acceptors (Lipinski definition) is 4.